The second-order valence-electron chi connectivity index (χ2n) is 6.47. The van der Waals surface area contributed by atoms with E-state index in [0.29, 0.717) is 36.9 Å². The minimum Gasteiger partial charge on any atom is -0.367 e. The molecule has 0 amide bonds. The van der Waals surface area contributed by atoms with Crippen LogP contribution in [-0.4, -0.2) is 19.1 Å². The minimum absolute atomic E-state index is 0.0505. The van der Waals surface area contributed by atoms with Crippen LogP contribution >= 0.6 is 0 Å². The number of nitrogens with zero attached hydrogens (tertiary/aromatic N) is 1. The molecule has 0 radical (unpaired) electrons. The van der Waals surface area contributed by atoms with Crippen LogP contribution in [0.3, 0.4) is 0 Å². The third-order valence-electron chi connectivity index (χ3n) is 4.75. The van der Waals surface area contributed by atoms with Gasteiger partial charge in [-0.1, -0.05) is 20.8 Å². The van der Waals surface area contributed by atoms with Gasteiger partial charge in [0.2, 0.25) is 0 Å². The highest BCUT2D eigenvalue weighted by atomic mass is 19.1. The topological polar surface area (TPSA) is 29.3 Å². The molecule has 2 rings (SSSR count). The van der Waals surface area contributed by atoms with Crippen molar-refractivity contribution in [3.05, 3.63) is 29.3 Å². The van der Waals surface area contributed by atoms with E-state index in [1.807, 2.05) is 11.8 Å². The molecule has 3 unspecified atom stereocenters. The van der Waals surface area contributed by atoms with Gasteiger partial charge >= 0.3 is 0 Å². The lowest BCUT2D eigenvalue weighted by molar-refractivity contribution is 0.320. The van der Waals surface area contributed by atoms with Crippen molar-refractivity contribution in [3.8, 4) is 0 Å². The SMILES string of the molecule is CCC(N)Cc1cc(F)c(N2CCC(C)C(C)C2)c(F)c1. The van der Waals surface area contributed by atoms with Gasteiger partial charge in [-0.3, -0.25) is 0 Å². The molecule has 1 fully saturated rings. The highest BCUT2D eigenvalue weighted by Crippen LogP contribution is 2.31. The van der Waals surface area contributed by atoms with E-state index in [0.717, 1.165) is 12.8 Å². The third-order valence-corrected chi connectivity index (χ3v) is 4.75. The number of anilines is 1. The Morgan fingerprint density at radius 3 is 2.38 bits per heavy atom. The molecule has 0 aromatic heterocycles. The van der Waals surface area contributed by atoms with Gasteiger partial charge in [-0.2, -0.15) is 0 Å². The first-order valence-corrected chi connectivity index (χ1v) is 7.90. The summed E-state index contributed by atoms with van der Waals surface area (Å²) in [5.41, 5.74) is 6.63. The predicted octanol–water partition coefficient (Wildman–Crippen LogP) is 3.73. The Bertz CT molecular complexity index is 467. The van der Waals surface area contributed by atoms with Gasteiger partial charge in [0, 0.05) is 19.1 Å². The lowest BCUT2D eigenvalue weighted by Gasteiger charge is -2.37. The second-order valence-corrected chi connectivity index (χ2v) is 6.47. The van der Waals surface area contributed by atoms with Gasteiger partial charge in [-0.05, 0) is 48.8 Å². The summed E-state index contributed by atoms with van der Waals surface area (Å²) in [6, 6.07) is 2.83. The molecule has 1 aromatic rings. The molecule has 0 spiro atoms. The Morgan fingerprint density at radius 2 is 1.86 bits per heavy atom. The molecular formula is C17H26F2N2. The quantitative estimate of drug-likeness (QED) is 0.917. The summed E-state index contributed by atoms with van der Waals surface area (Å²) < 4.78 is 28.7. The van der Waals surface area contributed by atoms with Gasteiger partial charge in [0.25, 0.3) is 0 Å². The molecule has 1 saturated heterocycles. The highest BCUT2D eigenvalue weighted by molar-refractivity contribution is 5.51. The molecule has 4 heteroatoms. The molecule has 3 atom stereocenters. The van der Waals surface area contributed by atoms with E-state index in [1.54, 1.807) is 0 Å². The largest absolute Gasteiger partial charge is 0.367 e. The third kappa shape index (κ3) is 3.73. The van der Waals surface area contributed by atoms with Crippen LogP contribution in [0.1, 0.15) is 39.2 Å². The normalized spacial score (nSPS) is 24.2. The summed E-state index contributed by atoms with van der Waals surface area (Å²) in [6.45, 7) is 7.74. The average molecular weight is 296 g/mol. The van der Waals surface area contributed by atoms with Gasteiger partial charge in [-0.25, -0.2) is 8.78 Å². The van der Waals surface area contributed by atoms with Crippen molar-refractivity contribution in [2.75, 3.05) is 18.0 Å². The van der Waals surface area contributed by atoms with Crippen LogP contribution < -0.4 is 10.6 Å². The van der Waals surface area contributed by atoms with Crippen molar-refractivity contribution in [3.63, 3.8) is 0 Å². The molecule has 0 bridgehead atoms. The number of hydrogen-bond acceptors (Lipinski definition) is 2. The van der Waals surface area contributed by atoms with Gasteiger partial charge in [-0.15, -0.1) is 0 Å². The van der Waals surface area contributed by atoms with E-state index < -0.39 is 11.6 Å². The fourth-order valence-corrected chi connectivity index (χ4v) is 2.95. The maximum absolute atomic E-state index is 14.4. The van der Waals surface area contributed by atoms with Gasteiger partial charge in [0.15, 0.2) is 0 Å². The van der Waals surface area contributed by atoms with E-state index in [1.165, 1.54) is 12.1 Å². The van der Waals surface area contributed by atoms with Gasteiger partial charge in [0.1, 0.15) is 17.3 Å². The number of rotatable bonds is 4. The summed E-state index contributed by atoms with van der Waals surface area (Å²) in [6.07, 6.45) is 2.28. The fourth-order valence-electron chi connectivity index (χ4n) is 2.95. The minimum atomic E-state index is -0.463. The fraction of sp³-hybridized carbons (Fsp3) is 0.647. The Morgan fingerprint density at radius 1 is 1.24 bits per heavy atom. The van der Waals surface area contributed by atoms with E-state index >= 15 is 0 Å². The van der Waals surface area contributed by atoms with Gasteiger partial charge in [0.05, 0.1) is 0 Å². The van der Waals surface area contributed by atoms with Crippen molar-refractivity contribution in [2.45, 2.75) is 46.1 Å². The first-order valence-electron chi connectivity index (χ1n) is 7.90. The van der Waals surface area contributed by atoms with Crippen LogP contribution in [0.15, 0.2) is 12.1 Å². The number of halogens is 2. The molecule has 0 saturated carbocycles. The van der Waals surface area contributed by atoms with Gasteiger partial charge < -0.3 is 10.6 Å². The zero-order valence-corrected chi connectivity index (χ0v) is 13.2. The molecular weight excluding hydrogens is 270 g/mol. The predicted molar refractivity (Wildman–Crippen MR) is 83.5 cm³/mol. The summed E-state index contributed by atoms with van der Waals surface area (Å²) in [7, 11) is 0. The van der Waals surface area contributed by atoms with E-state index in [-0.39, 0.29) is 11.7 Å². The van der Waals surface area contributed by atoms with Crippen LogP contribution in [-0.2, 0) is 6.42 Å². The Hall–Kier alpha value is -1.16. The standard InChI is InChI=1S/C17H26F2N2/c1-4-14(20)7-13-8-15(18)17(16(19)9-13)21-6-5-11(2)12(3)10-21/h8-9,11-12,14H,4-7,10,20H2,1-3H3. The first kappa shape index (κ1) is 16.2. The number of benzene rings is 1. The molecule has 2 nitrogen and oxygen atoms in total. The summed E-state index contributed by atoms with van der Waals surface area (Å²) in [5, 5.41) is 0. The first-order chi connectivity index (χ1) is 9.92. The summed E-state index contributed by atoms with van der Waals surface area (Å²) in [4.78, 5) is 1.85. The molecule has 1 heterocycles. The zero-order valence-electron chi connectivity index (χ0n) is 13.2. The van der Waals surface area contributed by atoms with Crippen LogP contribution in [0.5, 0.6) is 0 Å². The van der Waals surface area contributed by atoms with Crippen molar-refractivity contribution in [1.29, 1.82) is 0 Å². The van der Waals surface area contributed by atoms with E-state index in [4.69, 9.17) is 5.73 Å². The summed E-state index contributed by atoms with van der Waals surface area (Å²) in [5.74, 6) is 0.130. The van der Waals surface area contributed by atoms with Crippen LogP contribution in [0.4, 0.5) is 14.5 Å². The lowest BCUT2D eigenvalue weighted by atomic mass is 9.88. The van der Waals surface area contributed by atoms with E-state index in [9.17, 15) is 8.78 Å². The number of piperidine rings is 1. The highest BCUT2D eigenvalue weighted by Gasteiger charge is 2.26. The molecule has 2 N–H and O–H groups in total. The van der Waals surface area contributed by atoms with Crippen molar-refractivity contribution in [1.82, 2.24) is 0 Å². The Labute approximate surface area is 126 Å². The van der Waals surface area contributed by atoms with Crippen molar-refractivity contribution < 1.29 is 8.78 Å². The van der Waals surface area contributed by atoms with Crippen LogP contribution in [0.2, 0.25) is 0 Å². The molecule has 1 aliphatic rings. The lowest BCUT2D eigenvalue weighted by Crippen LogP contribution is -2.39. The average Bonchev–Trinajstić information content (AvgIpc) is 2.41. The van der Waals surface area contributed by atoms with E-state index in [2.05, 4.69) is 13.8 Å². The molecule has 21 heavy (non-hydrogen) atoms. The number of hydrogen-bond donors (Lipinski definition) is 1. The van der Waals surface area contributed by atoms with Crippen molar-refractivity contribution in [2.24, 2.45) is 17.6 Å². The maximum atomic E-state index is 14.4. The molecule has 1 aliphatic heterocycles. The number of nitrogens with two attached hydrogens (primary N) is 1. The Balaban J connectivity index is 2.21. The second kappa shape index (κ2) is 6.73. The summed E-state index contributed by atoms with van der Waals surface area (Å²) >= 11 is 0. The molecule has 118 valence electrons. The van der Waals surface area contributed by atoms with Crippen molar-refractivity contribution >= 4 is 5.69 Å². The maximum Gasteiger partial charge on any atom is 0.149 e. The van der Waals surface area contributed by atoms with Crippen LogP contribution in [0, 0.1) is 23.5 Å². The zero-order chi connectivity index (χ0) is 15.6. The van der Waals surface area contributed by atoms with Crippen LogP contribution in [0.25, 0.3) is 0 Å². The Kier molecular flexibility index (Phi) is 5.20. The smallest absolute Gasteiger partial charge is 0.149 e. The monoisotopic (exact) mass is 296 g/mol. The molecule has 1 aromatic carbocycles. The molecule has 0 aliphatic carbocycles.